The number of nitro groups is 1. The lowest BCUT2D eigenvalue weighted by Crippen LogP contribution is -2.26. The van der Waals surface area contributed by atoms with Crippen molar-refractivity contribution in [1.29, 1.82) is 0 Å². The van der Waals surface area contributed by atoms with Gasteiger partial charge >= 0.3 is 7.60 Å². The van der Waals surface area contributed by atoms with Gasteiger partial charge in [-0.2, -0.15) is 0 Å². The normalized spacial score (nSPS) is 14.0. The third kappa shape index (κ3) is 3.69. The summed E-state index contributed by atoms with van der Waals surface area (Å²) in [5, 5.41) is 9.86. The lowest BCUT2D eigenvalue weighted by molar-refractivity contribution is -0.384. The number of hydrogen-bond donors (Lipinski definition) is 0. The Morgan fingerprint density at radius 2 is 1.65 bits per heavy atom. The minimum absolute atomic E-state index is 0.0331. The first-order valence-electron chi connectivity index (χ1n) is 8.19. The molecule has 140 valence electrons. The number of nitrogens with zero attached hydrogens (tertiary/aromatic N) is 1. The monoisotopic (exact) mass is 397 g/mol. The lowest BCUT2D eigenvalue weighted by Gasteiger charge is -2.37. The van der Waals surface area contributed by atoms with Crippen molar-refractivity contribution < 1.29 is 18.5 Å². The molecule has 6 nitrogen and oxygen atoms in total. The molecule has 2 aromatic rings. The molecule has 1 unspecified atom stereocenters. The van der Waals surface area contributed by atoms with Gasteiger partial charge in [0.1, 0.15) is 10.2 Å². The molecule has 0 fully saturated rings. The van der Waals surface area contributed by atoms with Crippen LogP contribution in [0.25, 0.3) is 0 Å². The van der Waals surface area contributed by atoms with E-state index in [4.69, 9.17) is 20.6 Å². The van der Waals surface area contributed by atoms with Crippen LogP contribution in [0, 0.1) is 10.1 Å². The van der Waals surface area contributed by atoms with Crippen molar-refractivity contribution in [1.82, 2.24) is 0 Å². The van der Waals surface area contributed by atoms with E-state index in [9.17, 15) is 14.7 Å². The van der Waals surface area contributed by atoms with Crippen LogP contribution >= 0.6 is 19.2 Å². The fourth-order valence-corrected chi connectivity index (χ4v) is 5.28. The molecular formula is C18H21ClNO5P. The van der Waals surface area contributed by atoms with E-state index >= 15 is 0 Å². The summed E-state index contributed by atoms with van der Waals surface area (Å²) in [4.78, 5) is 10.5. The maximum Gasteiger partial charge on any atom is 0.345 e. The van der Waals surface area contributed by atoms with E-state index in [2.05, 4.69) is 0 Å². The van der Waals surface area contributed by atoms with Gasteiger partial charge in [-0.15, -0.1) is 0 Å². The van der Waals surface area contributed by atoms with Crippen molar-refractivity contribution in [2.24, 2.45) is 0 Å². The van der Waals surface area contributed by atoms with Gasteiger partial charge < -0.3 is 9.05 Å². The Kier molecular flexibility index (Phi) is 6.58. The highest BCUT2D eigenvalue weighted by atomic mass is 35.5. The molecule has 0 aromatic heterocycles. The molecule has 0 aliphatic rings. The van der Waals surface area contributed by atoms with Gasteiger partial charge in [0.25, 0.3) is 5.69 Å². The summed E-state index contributed by atoms with van der Waals surface area (Å²) in [7, 11) is -3.67. The molecule has 1 atom stereocenters. The van der Waals surface area contributed by atoms with Gasteiger partial charge in [-0.3, -0.25) is 14.7 Å². The summed E-state index contributed by atoms with van der Waals surface area (Å²) in [6.45, 7) is 5.60. The predicted molar refractivity (Wildman–Crippen MR) is 102 cm³/mol. The molecule has 0 bridgehead atoms. The average Bonchev–Trinajstić information content (AvgIpc) is 2.61. The van der Waals surface area contributed by atoms with Crippen LogP contribution in [-0.4, -0.2) is 18.1 Å². The molecule has 0 aliphatic carbocycles. The molecule has 0 radical (unpaired) electrons. The predicted octanol–water partition coefficient (Wildman–Crippen LogP) is 5.78. The smallest absolute Gasteiger partial charge is 0.308 e. The molecule has 0 aliphatic heterocycles. The second-order valence-corrected chi connectivity index (χ2v) is 8.51. The summed E-state index contributed by atoms with van der Waals surface area (Å²) < 4.78 is 25.0. The second kappa shape index (κ2) is 8.31. The van der Waals surface area contributed by atoms with Gasteiger partial charge in [-0.25, -0.2) is 0 Å². The fourth-order valence-electron chi connectivity index (χ4n) is 2.84. The number of benzene rings is 2. The maximum atomic E-state index is 13.7. The Morgan fingerprint density at radius 1 is 1.08 bits per heavy atom. The molecule has 0 N–H and O–H groups in total. The van der Waals surface area contributed by atoms with Gasteiger partial charge in [0, 0.05) is 6.07 Å². The molecule has 0 heterocycles. The van der Waals surface area contributed by atoms with Gasteiger partial charge in [-0.05, 0) is 38.0 Å². The summed E-state index contributed by atoms with van der Waals surface area (Å²) in [5.41, 5.74) is 1.01. The first-order chi connectivity index (χ1) is 12.3. The first kappa shape index (κ1) is 20.6. The highest BCUT2D eigenvalue weighted by Gasteiger charge is 2.50. The third-order valence-electron chi connectivity index (χ3n) is 4.19. The van der Waals surface area contributed by atoms with Crippen LogP contribution in [0.3, 0.4) is 0 Å². The van der Waals surface area contributed by atoms with Gasteiger partial charge in [0.05, 0.1) is 18.1 Å². The summed E-state index contributed by atoms with van der Waals surface area (Å²) in [6, 6.07) is 13.4. The van der Waals surface area contributed by atoms with Crippen LogP contribution in [0.1, 0.15) is 31.9 Å². The SMILES string of the molecule is CCOP(=O)(OCC)C(C)(c1ccccc1)c1ccc([N+](=O)[O-])c(Cl)c1. The van der Waals surface area contributed by atoms with Crippen molar-refractivity contribution in [3.63, 3.8) is 0 Å². The Morgan fingerprint density at radius 3 is 2.12 bits per heavy atom. The van der Waals surface area contributed by atoms with E-state index in [1.54, 1.807) is 26.8 Å². The Balaban J connectivity index is 2.75. The van der Waals surface area contributed by atoms with Crippen LogP contribution in [0.15, 0.2) is 48.5 Å². The quantitative estimate of drug-likeness (QED) is 0.320. The first-order valence-corrected chi connectivity index (χ1v) is 10.1. The van der Waals surface area contributed by atoms with Crippen LogP contribution in [0.2, 0.25) is 5.02 Å². The number of hydrogen-bond acceptors (Lipinski definition) is 5. The van der Waals surface area contributed by atoms with Crippen LogP contribution < -0.4 is 0 Å². The number of nitro benzene ring substituents is 1. The molecule has 0 amide bonds. The fraction of sp³-hybridized carbons (Fsp3) is 0.333. The van der Waals surface area contributed by atoms with Gasteiger partial charge in [-0.1, -0.05) is 48.0 Å². The van der Waals surface area contributed by atoms with E-state index in [0.717, 1.165) is 0 Å². The number of halogens is 1. The van der Waals surface area contributed by atoms with Crippen molar-refractivity contribution in [3.05, 3.63) is 74.8 Å². The summed E-state index contributed by atoms with van der Waals surface area (Å²) in [6.07, 6.45) is 0. The van der Waals surface area contributed by atoms with Gasteiger partial charge in [0.15, 0.2) is 0 Å². The van der Waals surface area contributed by atoms with E-state index in [-0.39, 0.29) is 23.9 Å². The van der Waals surface area contributed by atoms with Crippen LogP contribution in [0.4, 0.5) is 5.69 Å². The van der Waals surface area contributed by atoms with Crippen molar-refractivity contribution in [2.75, 3.05) is 13.2 Å². The molecule has 0 saturated carbocycles. The van der Waals surface area contributed by atoms with Crippen LogP contribution in [-0.2, 0) is 18.8 Å². The molecule has 0 saturated heterocycles. The lowest BCUT2D eigenvalue weighted by atomic mass is 9.92. The average molecular weight is 398 g/mol. The van der Waals surface area contributed by atoms with E-state index in [1.165, 1.54) is 12.1 Å². The molecule has 2 rings (SSSR count). The zero-order chi connectivity index (χ0) is 19.4. The van der Waals surface area contributed by atoms with Gasteiger partial charge in [0.2, 0.25) is 0 Å². The topological polar surface area (TPSA) is 78.7 Å². The summed E-state index contributed by atoms with van der Waals surface area (Å²) >= 11 is 6.11. The Hall–Kier alpha value is -1.72. The highest BCUT2D eigenvalue weighted by Crippen LogP contribution is 2.67. The second-order valence-electron chi connectivity index (χ2n) is 5.69. The largest absolute Gasteiger partial charge is 0.345 e. The molecule has 26 heavy (non-hydrogen) atoms. The third-order valence-corrected chi connectivity index (χ3v) is 7.30. The molecule has 8 heteroatoms. The zero-order valence-corrected chi connectivity index (χ0v) is 16.5. The Labute approximate surface area is 157 Å². The maximum absolute atomic E-state index is 13.7. The standard InChI is InChI=1S/C18H21ClNO5P/c1-4-24-26(23,25-5-2)18(3,14-9-7-6-8-10-14)15-11-12-17(20(21)22)16(19)13-15/h6-13H,4-5H2,1-3H3. The van der Waals surface area contributed by atoms with Crippen molar-refractivity contribution in [2.45, 2.75) is 25.9 Å². The van der Waals surface area contributed by atoms with Crippen LogP contribution in [0.5, 0.6) is 0 Å². The zero-order valence-electron chi connectivity index (χ0n) is 14.8. The Bertz CT molecular complexity index is 820. The molecule has 2 aromatic carbocycles. The summed E-state index contributed by atoms with van der Waals surface area (Å²) in [5.74, 6) is 0. The van der Waals surface area contributed by atoms with Crippen molar-refractivity contribution >= 4 is 24.9 Å². The molecule has 0 spiro atoms. The van der Waals surface area contributed by atoms with Crippen molar-refractivity contribution in [3.8, 4) is 0 Å². The minimum Gasteiger partial charge on any atom is -0.308 e. The van der Waals surface area contributed by atoms with E-state index in [0.29, 0.717) is 11.1 Å². The minimum atomic E-state index is -3.67. The number of rotatable bonds is 8. The highest BCUT2D eigenvalue weighted by molar-refractivity contribution is 7.55. The molecular weight excluding hydrogens is 377 g/mol. The van der Waals surface area contributed by atoms with E-state index < -0.39 is 17.7 Å². The van der Waals surface area contributed by atoms with E-state index in [1.807, 2.05) is 30.3 Å².